The maximum atomic E-state index is 13.9. The number of hydrogen-bond acceptors (Lipinski definition) is 6. The van der Waals surface area contributed by atoms with Gasteiger partial charge in [0.05, 0.1) is 17.2 Å². The third kappa shape index (κ3) is 3.52. The second kappa shape index (κ2) is 7.59. The summed E-state index contributed by atoms with van der Waals surface area (Å²) in [5.74, 6) is -0.334. The lowest BCUT2D eigenvalue weighted by Crippen LogP contribution is -2.13. The Morgan fingerprint density at radius 1 is 1.42 bits per heavy atom. The Morgan fingerprint density at radius 3 is 2.85 bits per heavy atom. The number of ether oxygens (including phenoxy) is 1. The molecule has 0 saturated heterocycles. The first kappa shape index (κ1) is 18.6. The van der Waals surface area contributed by atoms with E-state index in [0.717, 1.165) is 11.3 Å². The molecular formula is C18H17FN2O3S2. The summed E-state index contributed by atoms with van der Waals surface area (Å²) in [7, 11) is 0. The molecule has 136 valence electrons. The number of benzene rings is 1. The number of halogens is 1. The van der Waals surface area contributed by atoms with Crippen molar-refractivity contribution in [1.82, 2.24) is 9.97 Å². The highest BCUT2D eigenvalue weighted by molar-refractivity contribution is 7.99. The largest absolute Gasteiger partial charge is 0.462 e. The molecular weight excluding hydrogens is 375 g/mol. The zero-order valence-corrected chi connectivity index (χ0v) is 16.1. The first-order valence-corrected chi connectivity index (χ1v) is 9.73. The molecule has 2 heterocycles. The van der Waals surface area contributed by atoms with Crippen molar-refractivity contribution in [2.75, 3.05) is 6.61 Å². The number of carbonyl (C=O) groups is 1. The van der Waals surface area contributed by atoms with Gasteiger partial charge in [-0.1, -0.05) is 12.1 Å². The van der Waals surface area contributed by atoms with Gasteiger partial charge in [0.2, 0.25) is 0 Å². The van der Waals surface area contributed by atoms with Crippen LogP contribution in [-0.4, -0.2) is 22.5 Å². The number of thioether (sulfide) groups is 1. The van der Waals surface area contributed by atoms with Crippen LogP contribution in [0.4, 0.5) is 4.39 Å². The lowest BCUT2D eigenvalue weighted by Gasteiger charge is -2.11. The van der Waals surface area contributed by atoms with Gasteiger partial charge >= 0.3 is 5.97 Å². The number of carbonyl (C=O) groups excluding carboxylic acids is 1. The van der Waals surface area contributed by atoms with Crippen molar-refractivity contribution in [3.63, 3.8) is 0 Å². The number of aromatic nitrogens is 2. The zero-order chi connectivity index (χ0) is 18.8. The Labute approximate surface area is 157 Å². The molecule has 1 N–H and O–H groups in total. The molecule has 26 heavy (non-hydrogen) atoms. The van der Waals surface area contributed by atoms with E-state index in [2.05, 4.69) is 9.97 Å². The first-order valence-electron chi connectivity index (χ1n) is 8.04. The predicted octanol–water partition coefficient (Wildman–Crippen LogP) is 4.46. The van der Waals surface area contributed by atoms with Gasteiger partial charge in [-0.3, -0.25) is 4.79 Å². The van der Waals surface area contributed by atoms with Crippen molar-refractivity contribution in [3.8, 4) is 0 Å². The minimum Gasteiger partial charge on any atom is -0.462 e. The lowest BCUT2D eigenvalue weighted by molar-refractivity contribution is 0.0531. The molecule has 0 spiro atoms. The Bertz CT molecular complexity index is 1030. The van der Waals surface area contributed by atoms with Gasteiger partial charge in [-0.05, 0) is 38.5 Å². The predicted molar refractivity (Wildman–Crippen MR) is 102 cm³/mol. The molecule has 1 atom stereocenters. The molecule has 0 saturated carbocycles. The number of nitrogens with one attached hydrogen (secondary N) is 1. The van der Waals surface area contributed by atoms with E-state index < -0.39 is 5.97 Å². The van der Waals surface area contributed by atoms with E-state index in [9.17, 15) is 14.0 Å². The minimum absolute atomic E-state index is 0.262. The molecule has 0 aliphatic rings. The number of hydrogen-bond donors (Lipinski definition) is 1. The van der Waals surface area contributed by atoms with Crippen LogP contribution in [0.2, 0.25) is 0 Å². The molecule has 0 amide bonds. The maximum absolute atomic E-state index is 13.9. The number of thiophene rings is 1. The molecule has 3 rings (SSSR count). The first-order chi connectivity index (χ1) is 12.4. The van der Waals surface area contributed by atoms with Gasteiger partial charge in [-0.15, -0.1) is 23.1 Å². The van der Waals surface area contributed by atoms with E-state index in [1.165, 1.54) is 17.8 Å². The van der Waals surface area contributed by atoms with Crippen molar-refractivity contribution in [2.24, 2.45) is 0 Å². The topological polar surface area (TPSA) is 72.0 Å². The van der Waals surface area contributed by atoms with Gasteiger partial charge in [0, 0.05) is 4.90 Å². The van der Waals surface area contributed by atoms with E-state index in [-0.39, 0.29) is 23.2 Å². The smallest absolute Gasteiger partial charge is 0.348 e. The maximum Gasteiger partial charge on any atom is 0.348 e. The van der Waals surface area contributed by atoms with E-state index in [1.54, 1.807) is 32.0 Å². The summed E-state index contributed by atoms with van der Waals surface area (Å²) in [5.41, 5.74) is 0.258. The van der Waals surface area contributed by atoms with Crippen LogP contribution in [0.1, 0.15) is 40.2 Å². The molecule has 1 aromatic carbocycles. The van der Waals surface area contributed by atoms with Crippen LogP contribution in [-0.2, 0) is 4.74 Å². The van der Waals surface area contributed by atoms with Crippen LogP contribution in [0.3, 0.4) is 0 Å². The SMILES string of the molecule is CCOC(=O)c1sc2nc([C@@H](C)Sc3ccccc3F)[nH]c(=O)c2c1C. The Balaban J connectivity index is 1.99. The Morgan fingerprint density at radius 2 is 2.15 bits per heavy atom. The number of nitrogens with zero attached hydrogens (tertiary/aromatic N) is 1. The van der Waals surface area contributed by atoms with E-state index in [0.29, 0.717) is 31.4 Å². The van der Waals surface area contributed by atoms with Crippen LogP contribution in [0.25, 0.3) is 10.2 Å². The molecule has 0 fully saturated rings. The van der Waals surface area contributed by atoms with Crippen LogP contribution in [0.15, 0.2) is 34.0 Å². The van der Waals surface area contributed by atoms with Crippen molar-refractivity contribution in [2.45, 2.75) is 30.9 Å². The molecule has 8 heteroatoms. The molecule has 0 bridgehead atoms. The number of aromatic amines is 1. The summed E-state index contributed by atoms with van der Waals surface area (Å²) in [5, 5.41) is 0.127. The minimum atomic E-state index is -0.456. The van der Waals surface area contributed by atoms with E-state index in [4.69, 9.17) is 4.74 Å². The van der Waals surface area contributed by atoms with Gasteiger partial charge < -0.3 is 9.72 Å². The van der Waals surface area contributed by atoms with Crippen LogP contribution >= 0.6 is 23.1 Å². The number of fused-ring (bicyclic) bond motifs is 1. The van der Waals surface area contributed by atoms with Gasteiger partial charge in [0.1, 0.15) is 21.3 Å². The summed E-state index contributed by atoms with van der Waals surface area (Å²) in [6, 6.07) is 6.46. The second-order valence-corrected chi connectivity index (χ2v) is 7.98. The number of esters is 1. The Kier molecular flexibility index (Phi) is 5.43. The highest BCUT2D eigenvalue weighted by Crippen LogP contribution is 2.35. The molecule has 2 aromatic heterocycles. The van der Waals surface area contributed by atoms with Crippen LogP contribution in [0.5, 0.6) is 0 Å². The average Bonchev–Trinajstić information content (AvgIpc) is 2.94. The fraction of sp³-hybridized carbons (Fsp3) is 0.278. The molecule has 0 radical (unpaired) electrons. The van der Waals surface area contributed by atoms with Gasteiger partial charge in [-0.2, -0.15) is 0 Å². The number of aryl methyl sites for hydroxylation is 1. The second-order valence-electron chi connectivity index (χ2n) is 5.60. The molecule has 3 aromatic rings. The van der Waals surface area contributed by atoms with E-state index >= 15 is 0 Å². The third-order valence-corrected chi connectivity index (χ3v) is 6.13. The summed E-state index contributed by atoms with van der Waals surface area (Å²) in [6.07, 6.45) is 0. The molecule has 0 unspecified atom stereocenters. The van der Waals surface area contributed by atoms with Gasteiger partial charge in [0.25, 0.3) is 5.56 Å². The summed E-state index contributed by atoms with van der Waals surface area (Å²) < 4.78 is 18.9. The van der Waals surface area contributed by atoms with E-state index in [1.807, 2.05) is 6.92 Å². The summed E-state index contributed by atoms with van der Waals surface area (Å²) >= 11 is 2.41. The normalized spacial score (nSPS) is 12.3. The highest BCUT2D eigenvalue weighted by atomic mass is 32.2. The Hall–Kier alpha value is -2.19. The number of H-pyrrole nitrogens is 1. The van der Waals surface area contributed by atoms with Crippen LogP contribution in [0, 0.1) is 12.7 Å². The highest BCUT2D eigenvalue weighted by Gasteiger charge is 2.21. The third-order valence-electron chi connectivity index (χ3n) is 3.81. The monoisotopic (exact) mass is 392 g/mol. The van der Waals surface area contributed by atoms with Gasteiger partial charge in [0.15, 0.2) is 0 Å². The average molecular weight is 392 g/mol. The van der Waals surface area contributed by atoms with Crippen molar-refractivity contribution >= 4 is 39.3 Å². The quantitative estimate of drug-likeness (QED) is 0.513. The summed E-state index contributed by atoms with van der Waals surface area (Å²) in [6.45, 7) is 5.54. The number of rotatable bonds is 5. The van der Waals surface area contributed by atoms with Crippen molar-refractivity contribution in [1.29, 1.82) is 0 Å². The lowest BCUT2D eigenvalue weighted by atomic mass is 10.2. The molecule has 5 nitrogen and oxygen atoms in total. The van der Waals surface area contributed by atoms with Crippen molar-refractivity contribution < 1.29 is 13.9 Å². The van der Waals surface area contributed by atoms with Crippen LogP contribution < -0.4 is 5.56 Å². The molecule has 0 aliphatic carbocycles. The summed E-state index contributed by atoms with van der Waals surface area (Å²) in [4.78, 5) is 33.2. The fourth-order valence-corrected chi connectivity index (χ4v) is 4.56. The van der Waals surface area contributed by atoms with Crippen molar-refractivity contribution in [3.05, 3.63) is 56.7 Å². The standard InChI is InChI=1S/C18H17FN2O3S2/c1-4-24-18(23)14-9(2)13-16(22)20-15(21-17(13)26-14)10(3)25-12-8-6-5-7-11(12)19/h5-8,10H,4H2,1-3H3,(H,20,21,22)/t10-/m1/s1. The van der Waals surface area contributed by atoms with Gasteiger partial charge in [-0.25, -0.2) is 14.2 Å². The fourth-order valence-electron chi connectivity index (χ4n) is 2.53. The zero-order valence-electron chi connectivity index (χ0n) is 14.5. The molecule has 0 aliphatic heterocycles.